The number of imide groups is 1. The fourth-order valence-electron chi connectivity index (χ4n) is 3.29. The molecule has 3 amide bonds. The van der Waals surface area contributed by atoms with Gasteiger partial charge >= 0.3 is 11.7 Å². The Balaban J connectivity index is 1.63. The summed E-state index contributed by atoms with van der Waals surface area (Å²) in [5, 5.41) is 14.2. The number of fused-ring (bicyclic) bond motifs is 1. The van der Waals surface area contributed by atoms with E-state index in [1.165, 1.54) is 15.2 Å². The van der Waals surface area contributed by atoms with Crippen molar-refractivity contribution in [3.8, 4) is 0 Å². The van der Waals surface area contributed by atoms with Gasteiger partial charge in [0.05, 0.1) is 11.9 Å². The number of amides is 3. The van der Waals surface area contributed by atoms with Crippen molar-refractivity contribution in [2.24, 2.45) is 14.1 Å². The molecular formula is C19H18N6O4S. The van der Waals surface area contributed by atoms with E-state index in [-0.39, 0.29) is 11.3 Å². The molecule has 1 aliphatic rings. The predicted molar refractivity (Wildman–Crippen MR) is 111 cm³/mol. The van der Waals surface area contributed by atoms with Crippen LogP contribution in [0.15, 0.2) is 41.0 Å². The Morgan fingerprint density at radius 1 is 1.17 bits per heavy atom. The average Bonchev–Trinajstić information content (AvgIpc) is 3.12. The van der Waals surface area contributed by atoms with Crippen molar-refractivity contribution in [2.45, 2.75) is 12.8 Å². The molecule has 0 spiro atoms. The molecule has 3 aromatic rings. The van der Waals surface area contributed by atoms with Crippen LogP contribution >= 0.6 is 12.2 Å². The van der Waals surface area contributed by atoms with Gasteiger partial charge in [0, 0.05) is 20.6 Å². The number of nitrogens with one attached hydrogen (secondary N) is 2. The Morgan fingerprint density at radius 2 is 1.87 bits per heavy atom. The second kappa shape index (κ2) is 7.35. The lowest BCUT2D eigenvalue weighted by atomic mass is 10.1. The van der Waals surface area contributed by atoms with Crippen molar-refractivity contribution >= 4 is 41.4 Å². The van der Waals surface area contributed by atoms with Crippen LogP contribution in [0.5, 0.6) is 0 Å². The SMILES string of the molecule is Cn1c(=S)c2c(ncn2Cc2ccc(/C=C3\C(=O)NC(=O)NC3O)cc2)n(C)c1=O. The molecule has 0 bridgehead atoms. The minimum atomic E-state index is -1.36. The van der Waals surface area contributed by atoms with E-state index in [1.807, 2.05) is 16.7 Å². The lowest BCUT2D eigenvalue weighted by Gasteiger charge is -2.21. The van der Waals surface area contributed by atoms with Gasteiger partial charge in [-0.2, -0.15) is 0 Å². The number of nitrogens with zero attached hydrogens (tertiary/aromatic N) is 4. The highest BCUT2D eigenvalue weighted by molar-refractivity contribution is 7.71. The number of aryl methyl sites for hydroxylation is 1. The normalized spacial score (nSPS) is 18.0. The number of hydrogen-bond acceptors (Lipinski definition) is 6. The second-order valence-electron chi connectivity index (χ2n) is 6.92. The van der Waals surface area contributed by atoms with E-state index >= 15 is 0 Å². The molecule has 1 aliphatic heterocycles. The molecule has 154 valence electrons. The Morgan fingerprint density at radius 3 is 2.53 bits per heavy atom. The standard InChI is InChI=1S/C19H18N6O4S/c1-23-14-13(17(30)24(2)19(23)29)25(9-20-14)8-11-5-3-10(4-6-11)7-12-15(26)21-18(28)22-16(12)27/h3-7,9,15,26H,8H2,1-2H3,(H2,21,22,27,28)/b12-7-. The molecule has 10 nitrogen and oxygen atoms in total. The second-order valence-corrected chi connectivity index (χ2v) is 7.31. The Labute approximate surface area is 175 Å². The number of aromatic nitrogens is 4. The first-order chi connectivity index (χ1) is 14.3. The summed E-state index contributed by atoms with van der Waals surface area (Å²) in [4.78, 5) is 39.6. The van der Waals surface area contributed by atoms with E-state index in [4.69, 9.17) is 12.2 Å². The van der Waals surface area contributed by atoms with Gasteiger partial charge < -0.3 is 15.0 Å². The number of aliphatic hydroxyl groups is 1. The third-order valence-corrected chi connectivity index (χ3v) is 5.39. The van der Waals surface area contributed by atoms with Crippen LogP contribution in [0.1, 0.15) is 11.1 Å². The maximum atomic E-state index is 12.2. The van der Waals surface area contributed by atoms with E-state index in [9.17, 15) is 19.5 Å². The van der Waals surface area contributed by atoms with Gasteiger partial charge in [0.1, 0.15) is 10.2 Å². The molecule has 2 aromatic heterocycles. The first-order valence-electron chi connectivity index (χ1n) is 8.97. The minimum absolute atomic E-state index is 0.0483. The van der Waals surface area contributed by atoms with Crippen LogP contribution in [0.4, 0.5) is 4.79 Å². The maximum absolute atomic E-state index is 12.2. The van der Waals surface area contributed by atoms with Crippen molar-refractivity contribution in [1.29, 1.82) is 0 Å². The van der Waals surface area contributed by atoms with Crippen molar-refractivity contribution in [3.63, 3.8) is 0 Å². The average molecular weight is 426 g/mol. The fourth-order valence-corrected chi connectivity index (χ4v) is 3.58. The van der Waals surface area contributed by atoms with Crippen LogP contribution in [-0.2, 0) is 25.4 Å². The van der Waals surface area contributed by atoms with E-state index in [2.05, 4.69) is 15.6 Å². The molecule has 1 aromatic carbocycles. The quantitative estimate of drug-likeness (QED) is 0.411. The summed E-state index contributed by atoms with van der Waals surface area (Å²) in [6.07, 6.45) is 1.79. The number of hydrogen-bond donors (Lipinski definition) is 3. The fraction of sp³-hybridized carbons (Fsp3) is 0.211. The highest BCUT2D eigenvalue weighted by Gasteiger charge is 2.27. The number of rotatable bonds is 3. The van der Waals surface area contributed by atoms with Crippen LogP contribution in [0.2, 0.25) is 0 Å². The van der Waals surface area contributed by atoms with E-state index in [0.29, 0.717) is 27.9 Å². The molecule has 1 unspecified atom stereocenters. The van der Waals surface area contributed by atoms with E-state index < -0.39 is 18.2 Å². The topological polar surface area (TPSA) is 123 Å². The largest absolute Gasteiger partial charge is 0.369 e. The summed E-state index contributed by atoms with van der Waals surface area (Å²) in [5.74, 6) is -0.642. The van der Waals surface area contributed by atoms with Gasteiger partial charge in [-0.3, -0.25) is 19.2 Å². The zero-order valence-electron chi connectivity index (χ0n) is 16.1. The zero-order chi connectivity index (χ0) is 21.6. The van der Waals surface area contributed by atoms with Crippen LogP contribution < -0.4 is 16.3 Å². The summed E-state index contributed by atoms with van der Waals surface area (Å²) >= 11 is 5.43. The lowest BCUT2D eigenvalue weighted by molar-refractivity contribution is -0.118. The zero-order valence-corrected chi connectivity index (χ0v) is 16.9. The molecule has 1 fully saturated rings. The minimum Gasteiger partial charge on any atom is -0.369 e. The van der Waals surface area contributed by atoms with Gasteiger partial charge in [0.25, 0.3) is 5.91 Å². The molecule has 0 aliphatic carbocycles. The molecular weight excluding hydrogens is 408 g/mol. The predicted octanol–water partition coefficient (Wildman–Crippen LogP) is 0.392. The summed E-state index contributed by atoms with van der Waals surface area (Å²) in [5.41, 5.74) is 2.66. The van der Waals surface area contributed by atoms with E-state index in [1.54, 1.807) is 32.6 Å². The number of benzene rings is 1. The smallest absolute Gasteiger partial charge is 0.330 e. The van der Waals surface area contributed by atoms with Gasteiger partial charge in [0.15, 0.2) is 11.9 Å². The highest BCUT2D eigenvalue weighted by atomic mass is 32.1. The molecule has 30 heavy (non-hydrogen) atoms. The monoisotopic (exact) mass is 426 g/mol. The summed E-state index contributed by atoms with van der Waals surface area (Å²) in [6.45, 7) is 0.481. The van der Waals surface area contributed by atoms with Crippen LogP contribution in [0, 0.1) is 4.64 Å². The van der Waals surface area contributed by atoms with Crippen LogP contribution in [-0.4, -0.2) is 42.0 Å². The molecule has 3 heterocycles. The van der Waals surface area contributed by atoms with Gasteiger partial charge in [-0.15, -0.1) is 0 Å². The molecule has 3 N–H and O–H groups in total. The number of aliphatic hydroxyl groups excluding tert-OH is 1. The summed E-state index contributed by atoms with van der Waals surface area (Å²) in [6, 6.07) is 6.59. The third kappa shape index (κ3) is 3.33. The van der Waals surface area contributed by atoms with Crippen molar-refractivity contribution in [3.05, 3.63) is 62.4 Å². The molecule has 0 saturated carbocycles. The highest BCUT2D eigenvalue weighted by Crippen LogP contribution is 2.17. The first kappa shape index (κ1) is 19.7. The van der Waals surface area contributed by atoms with Crippen LogP contribution in [0.3, 0.4) is 0 Å². The Kier molecular flexibility index (Phi) is 4.84. The van der Waals surface area contributed by atoms with Gasteiger partial charge in [0.2, 0.25) is 0 Å². The lowest BCUT2D eigenvalue weighted by Crippen LogP contribution is -2.53. The number of carbonyl (C=O) groups is 2. The molecule has 4 rings (SSSR count). The summed E-state index contributed by atoms with van der Waals surface area (Å²) < 4.78 is 5.14. The van der Waals surface area contributed by atoms with Crippen molar-refractivity contribution in [2.75, 3.05) is 0 Å². The number of urea groups is 1. The van der Waals surface area contributed by atoms with Gasteiger partial charge in [-0.1, -0.05) is 36.5 Å². The third-order valence-electron chi connectivity index (χ3n) is 4.92. The van der Waals surface area contributed by atoms with Crippen molar-refractivity contribution < 1.29 is 14.7 Å². The van der Waals surface area contributed by atoms with E-state index in [0.717, 1.165) is 5.56 Å². The number of imidazole rings is 1. The van der Waals surface area contributed by atoms with Gasteiger partial charge in [-0.25, -0.2) is 14.6 Å². The summed E-state index contributed by atoms with van der Waals surface area (Å²) in [7, 11) is 3.28. The van der Waals surface area contributed by atoms with Crippen LogP contribution in [0.25, 0.3) is 17.2 Å². The maximum Gasteiger partial charge on any atom is 0.330 e. The molecule has 1 atom stereocenters. The molecule has 1 saturated heterocycles. The Bertz CT molecular complexity index is 1330. The Hall–Kier alpha value is -3.57. The van der Waals surface area contributed by atoms with Crippen molar-refractivity contribution in [1.82, 2.24) is 29.3 Å². The molecule has 0 radical (unpaired) electrons. The first-order valence-corrected chi connectivity index (χ1v) is 9.38. The van der Waals surface area contributed by atoms with Gasteiger partial charge in [-0.05, 0) is 17.2 Å². The molecule has 11 heteroatoms. The number of carbonyl (C=O) groups excluding carboxylic acids is 2.